The maximum Gasteiger partial charge on any atom is 0.0487 e. The Hall–Kier alpha value is -0.990. The van der Waals surface area contributed by atoms with Crippen LogP contribution in [0.3, 0.4) is 0 Å². The van der Waals surface area contributed by atoms with E-state index in [0.717, 1.165) is 15.2 Å². The number of anilines is 1. The summed E-state index contributed by atoms with van der Waals surface area (Å²) in [5.41, 5.74) is 2.58. The number of benzene rings is 2. The van der Waals surface area contributed by atoms with Crippen LogP contribution < -0.4 is 5.32 Å². The molecule has 0 aromatic heterocycles. The van der Waals surface area contributed by atoms with E-state index in [2.05, 4.69) is 51.6 Å². The van der Waals surface area contributed by atoms with Crippen molar-refractivity contribution in [2.24, 2.45) is 0 Å². The Bertz CT molecular complexity index is 564. The van der Waals surface area contributed by atoms with Gasteiger partial charge in [-0.05, 0) is 58.5 Å². The molecule has 1 fully saturated rings. The Labute approximate surface area is 127 Å². The first-order valence-electron chi connectivity index (χ1n) is 6.49. The van der Waals surface area contributed by atoms with Gasteiger partial charge >= 0.3 is 0 Å². The molecule has 3 heteroatoms. The second kappa shape index (κ2) is 5.56. The third-order valence-electron chi connectivity index (χ3n) is 3.70. The first kappa shape index (κ1) is 13.0. The van der Waals surface area contributed by atoms with Crippen LogP contribution >= 0.6 is 27.5 Å². The lowest BCUT2D eigenvalue weighted by atomic mass is 9.76. The van der Waals surface area contributed by atoms with Gasteiger partial charge in [-0.2, -0.15) is 0 Å². The SMILES string of the molecule is Clc1ccc(NC2CC(c3ccccc3)C2)c(Br)c1. The van der Waals surface area contributed by atoms with Crippen LogP contribution in [-0.2, 0) is 0 Å². The highest BCUT2D eigenvalue weighted by molar-refractivity contribution is 9.10. The van der Waals surface area contributed by atoms with E-state index < -0.39 is 0 Å². The van der Waals surface area contributed by atoms with Gasteiger partial charge in [0.2, 0.25) is 0 Å². The summed E-state index contributed by atoms with van der Waals surface area (Å²) in [5, 5.41) is 4.33. The molecule has 0 heterocycles. The zero-order valence-electron chi connectivity index (χ0n) is 10.4. The average molecular weight is 337 g/mol. The predicted molar refractivity (Wildman–Crippen MR) is 85.0 cm³/mol. The number of halogens is 2. The lowest BCUT2D eigenvalue weighted by Crippen LogP contribution is -2.34. The second-order valence-electron chi connectivity index (χ2n) is 5.04. The Morgan fingerprint density at radius 3 is 2.47 bits per heavy atom. The van der Waals surface area contributed by atoms with Gasteiger partial charge < -0.3 is 5.32 Å². The first-order chi connectivity index (χ1) is 9.22. The van der Waals surface area contributed by atoms with Crippen molar-refractivity contribution in [1.29, 1.82) is 0 Å². The molecule has 0 bridgehead atoms. The zero-order chi connectivity index (χ0) is 13.2. The third-order valence-corrected chi connectivity index (χ3v) is 4.59. The van der Waals surface area contributed by atoms with Gasteiger partial charge in [-0.15, -0.1) is 0 Å². The summed E-state index contributed by atoms with van der Waals surface area (Å²) in [6.07, 6.45) is 2.39. The number of nitrogens with one attached hydrogen (secondary N) is 1. The minimum atomic E-state index is 0.558. The minimum Gasteiger partial charge on any atom is -0.381 e. The molecule has 0 spiro atoms. The van der Waals surface area contributed by atoms with Crippen LogP contribution in [0.2, 0.25) is 5.02 Å². The van der Waals surface area contributed by atoms with Gasteiger partial charge in [0.25, 0.3) is 0 Å². The van der Waals surface area contributed by atoms with Crippen LogP contribution in [0.5, 0.6) is 0 Å². The fraction of sp³-hybridized carbons (Fsp3) is 0.250. The lowest BCUT2D eigenvalue weighted by molar-refractivity contribution is 0.374. The monoisotopic (exact) mass is 335 g/mol. The molecule has 98 valence electrons. The summed E-state index contributed by atoms with van der Waals surface area (Å²) in [4.78, 5) is 0. The van der Waals surface area contributed by atoms with Gasteiger partial charge in [-0.3, -0.25) is 0 Å². The summed E-state index contributed by atoms with van der Waals surface area (Å²) in [5.74, 6) is 0.699. The number of hydrogen-bond donors (Lipinski definition) is 1. The summed E-state index contributed by atoms with van der Waals surface area (Å²) < 4.78 is 1.03. The molecule has 19 heavy (non-hydrogen) atoms. The van der Waals surface area contributed by atoms with Crippen molar-refractivity contribution in [3.05, 3.63) is 63.6 Å². The van der Waals surface area contributed by atoms with Crippen LogP contribution in [0.15, 0.2) is 53.0 Å². The molecule has 2 aromatic carbocycles. The van der Waals surface area contributed by atoms with Gasteiger partial charge in [0, 0.05) is 21.2 Å². The third kappa shape index (κ3) is 2.96. The van der Waals surface area contributed by atoms with Gasteiger partial charge in [-0.25, -0.2) is 0 Å². The van der Waals surface area contributed by atoms with Crippen molar-refractivity contribution in [2.75, 3.05) is 5.32 Å². The molecule has 0 radical (unpaired) electrons. The smallest absolute Gasteiger partial charge is 0.0487 e. The number of hydrogen-bond acceptors (Lipinski definition) is 1. The van der Waals surface area contributed by atoms with Crippen LogP contribution in [-0.4, -0.2) is 6.04 Å². The quantitative estimate of drug-likeness (QED) is 0.784. The van der Waals surface area contributed by atoms with E-state index in [9.17, 15) is 0 Å². The van der Waals surface area contributed by atoms with Crippen molar-refractivity contribution in [3.8, 4) is 0 Å². The maximum atomic E-state index is 5.95. The molecule has 0 amide bonds. The summed E-state index contributed by atoms with van der Waals surface area (Å²) in [6.45, 7) is 0. The Kier molecular flexibility index (Phi) is 3.81. The first-order valence-corrected chi connectivity index (χ1v) is 7.66. The molecule has 0 unspecified atom stereocenters. The summed E-state index contributed by atoms with van der Waals surface area (Å²) >= 11 is 9.49. The van der Waals surface area contributed by atoms with Crippen molar-refractivity contribution in [1.82, 2.24) is 0 Å². The van der Waals surface area contributed by atoms with Crippen molar-refractivity contribution >= 4 is 33.2 Å². The van der Waals surface area contributed by atoms with Gasteiger partial charge in [-0.1, -0.05) is 41.9 Å². The van der Waals surface area contributed by atoms with Gasteiger partial charge in [0.05, 0.1) is 0 Å². The molecule has 1 N–H and O–H groups in total. The van der Waals surface area contributed by atoms with Gasteiger partial charge in [0.1, 0.15) is 0 Å². The van der Waals surface area contributed by atoms with E-state index in [4.69, 9.17) is 11.6 Å². The molecule has 3 rings (SSSR count). The summed E-state index contributed by atoms with van der Waals surface area (Å²) in [6, 6.07) is 17.2. The topological polar surface area (TPSA) is 12.0 Å². The Balaban J connectivity index is 1.60. The fourth-order valence-electron chi connectivity index (χ4n) is 2.56. The van der Waals surface area contributed by atoms with Crippen LogP contribution in [0.25, 0.3) is 0 Å². The fourth-order valence-corrected chi connectivity index (χ4v) is 3.36. The van der Waals surface area contributed by atoms with E-state index >= 15 is 0 Å². The molecule has 1 aliphatic rings. The minimum absolute atomic E-state index is 0.558. The molecule has 1 saturated carbocycles. The largest absolute Gasteiger partial charge is 0.381 e. The van der Waals surface area contributed by atoms with E-state index in [-0.39, 0.29) is 0 Å². The average Bonchev–Trinajstić information content (AvgIpc) is 2.36. The highest BCUT2D eigenvalue weighted by Gasteiger charge is 2.30. The number of rotatable bonds is 3. The molecule has 1 aliphatic carbocycles. The van der Waals surface area contributed by atoms with Crippen molar-refractivity contribution in [2.45, 2.75) is 24.8 Å². The Morgan fingerprint density at radius 2 is 1.79 bits per heavy atom. The molecule has 2 aromatic rings. The summed E-state index contributed by atoms with van der Waals surface area (Å²) in [7, 11) is 0. The van der Waals surface area contributed by atoms with E-state index in [0.29, 0.717) is 12.0 Å². The highest BCUT2D eigenvalue weighted by atomic mass is 79.9. The van der Waals surface area contributed by atoms with Crippen LogP contribution in [0.4, 0.5) is 5.69 Å². The maximum absolute atomic E-state index is 5.95. The molecular weight excluding hydrogens is 322 g/mol. The van der Waals surface area contributed by atoms with Crippen molar-refractivity contribution < 1.29 is 0 Å². The molecular formula is C16H15BrClN. The van der Waals surface area contributed by atoms with Gasteiger partial charge in [0.15, 0.2) is 0 Å². The molecule has 1 nitrogen and oxygen atoms in total. The van der Waals surface area contributed by atoms with E-state index in [1.807, 2.05) is 18.2 Å². The zero-order valence-corrected chi connectivity index (χ0v) is 12.8. The lowest BCUT2D eigenvalue weighted by Gasteiger charge is -2.37. The van der Waals surface area contributed by atoms with E-state index in [1.165, 1.54) is 18.4 Å². The Morgan fingerprint density at radius 1 is 1.05 bits per heavy atom. The standard InChI is InChI=1S/C16H15BrClN/c17-15-10-13(18)6-7-16(15)19-14-8-12(9-14)11-4-2-1-3-5-11/h1-7,10,12,14,19H,8-9H2. The van der Waals surface area contributed by atoms with Crippen LogP contribution in [0.1, 0.15) is 24.3 Å². The molecule has 0 aliphatic heterocycles. The second-order valence-corrected chi connectivity index (χ2v) is 6.34. The van der Waals surface area contributed by atoms with E-state index in [1.54, 1.807) is 0 Å². The van der Waals surface area contributed by atoms with Crippen molar-refractivity contribution in [3.63, 3.8) is 0 Å². The molecule has 0 saturated heterocycles. The highest BCUT2D eigenvalue weighted by Crippen LogP contribution is 2.39. The predicted octanol–water partition coefficient (Wildman–Crippen LogP) is 5.46. The molecule has 0 atom stereocenters. The normalized spacial score (nSPS) is 21.8. The van der Waals surface area contributed by atoms with Crippen LogP contribution in [0, 0.1) is 0 Å².